The van der Waals surface area contributed by atoms with Crippen molar-refractivity contribution in [2.45, 2.75) is 39.3 Å². The Morgan fingerprint density at radius 2 is 1.95 bits per heavy atom. The second kappa shape index (κ2) is 6.46. The van der Waals surface area contributed by atoms with Gasteiger partial charge in [0.1, 0.15) is 17.5 Å². The Hall–Kier alpha value is -2.57. The van der Waals surface area contributed by atoms with Crippen LogP contribution in [0.1, 0.15) is 33.3 Å². The van der Waals surface area contributed by atoms with Crippen molar-refractivity contribution in [3.8, 4) is 0 Å². The number of aliphatic carboxylic acids is 1. The van der Waals surface area contributed by atoms with E-state index in [9.17, 15) is 14.7 Å². The molecule has 1 unspecified atom stereocenters. The van der Waals surface area contributed by atoms with Crippen LogP contribution in [0.4, 0.5) is 10.5 Å². The van der Waals surface area contributed by atoms with Crippen LogP contribution in [0.3, 0.4) is 0 Å². The first-order valence-corrected chi connectivity index (χ1v) is 6.72. The van der Waals surface area contributed by atoms with Crippen LogP contribution >= 0.6 is 0 Å². The van der Waals surface area contributed by atoms with Gasteiger partial charge in [0.15, 0.2) is 0 Å². The number of carbonyl (C=O) groups excluding carboxylic acids is 1. The van der Waals surface area contributed by atoms with Crippen LogP contribution in [0, 0.1) is 5.41 Å². The van der Waals surface area contributed by atoms with Crippen LogP contribution < -0.4 is 10.6 Å². The number of rotatable bonds is 4. The number of amides is 1. The molecule has 0 aliphatic heterocycles. The van der Waals surface area contributed by atoms with Crippen molar-refractivity contribution in [3.05, 3.63) is 29.8 Å². The van der Waals surface area contributed by atoms with E-state index in [0.717, 1.165) is 4.90 Å². The Labute approximate surface area is 129 Å². The molecule has 0 aromatic heterocycles. The van der Waals surface area contributed by atoms with E-state index in [0.29, 0.717) is 11.3 Å². The summed E-state index contributed by atoms with van der Waals surface area (Å²) < 4.78 is 5.26. The van der Waals surface area contributed by atoms with Crippen molar-refractivity contribution in [2.24, 2.45) is 5.73 Å². The second-order valence-electron chi connectivity index (χ2n) is 5.83. The van der Waals surface area contributed by atoms with Crippen LogP contribution in [0.2, 0.25) is 0 Å². The molecule has 7 heteroatoms. The van der Waals surface area contributed by atoms with Gasteiger partial charge in [-0.3, -0.25) is 10.3 Å². The lowest BCUT2D eigenvalue weighted by Crippen LogP contribution is -2.46. The highest BCUT2D eigenvalue weighted by Crippen LogP contribution is 2.22. The molecule has 120 valence electrons. The average molecular weight is 307 g/mol. The fourth-order valence-corrected chi connectivity index (χ4v) is 1.73. The highest BCUT2D eigenvalue weighted by atomic mass is 16.6. The van der Waals surface area contributed by atoms with Crippen LogP contribution in [0.25, 0.3) is 0 Å². The van der Waals surface area contributed by atoms with E-state index in [4.69, 9.17) is 15.9 Å². The average Bonchev–Trinajstić information content (AvgIpc) is 2.36. The van der Waals surface area contributed by atoms with Gasteiger partial charge < -0.3 is 15.6 Å². The molecule has 1 atom stereocenters. The van der Waals surface area contributed by atoms with Crippen molar-refractivity contribution in [3.63, 3.8) is 0 Å². The number of carbonyl (C=O) groups is 2. The van der Waals surface area contributed by atoms with Crippen LogP contribution in [-0.2, 0) is 9.53 Å². The monoisotopic (exact) mass is 307 g/mol. The number of carboxylic acid groups (broad SMARTS) is 1. The maximum atomic E-state index is 12.3. The third-order valence-corrected chi connectivity index (χ3v) is 2.77. The van der Waals surface area contributed by atoms with Crippen molar-refractivity contribution >= 4 is 23.6 Å². The number of hydrogen-bond acceptors (Lipinski definition) is 4. The molecule has 1 aromatic carbocycles. The van der Waals surface area contributed by atoms with Crippen molar-refractivity contribution in [1.29, 1.82) is 5.41 Å². The number of benzene rings is 1. The Morgan fingerprint density at radius 1 is 1.36 bits per heavy atom. The minimum atomic E-state index is -1.17. The van der Waals surface area contributed by atoms with Crippen LogP contribution in [-0.4, -0.2) is 34.6 Å². The van der Waals surface area contributed by atoms with E-state index in [1.807, 2.05) is 0 Å². The summed E-state index contributed by atoms with van der Waals surface area (Å²) in [6.45, 7) is 6.47. The number of ether oxygens (including phenoxy) is 1. The zero-order valence-corrected chi connectivity index (χ0v) is 13.1. The summed E-state index contributed by atoms with van der Waals surface area (Å²) >= 11 is 0. The number of hydrogen-bond donors (Lipinski definition) is 3. The zero-order chi connectivity index (χ0) is 17.1. The van der Waals surface area contributed by atoms with Crippen molar-refractivity contribution in [1.82, 2.24) is 0 Å². The molecular formula is C15H21N3O4. The van der Waals surface area contributed by atoms with Gasteiger partial charge in [0, 0.05) is 11.3 Å². The molecule has 22 heavy (non-hydrogen) atoms. The molecule has 0 spiro atoms. The van der Waals surface area contributed by atoms with Gasteiger partial charge in [0.05, 0.1) is 0 Å². The van der Waals surface area contributed by atoms with Crippen LogP contribution in [0.5, 0.6) is 0 Å². The largest absolute Gasteiger partial charge is 0.480 e. The molecule has 0 radical (unpaired) electrons. The summed E-state index contributed by atoms with van der Waals surface area (Å²) in [7, 11) is 0. The lowest BCUT2D eigenvalue weighted by molar-refractivity contribution is -0.138. The van der Waals surface area contributed by atoms with E-state index in [1.54, 1.807) is 39.0 Å². The van der Waals surface area contributed by atoms with Crippen molar-refractivity contribution < 1.29 is 19.4 Å². The van der Waals surface area contributed by atoms with Gasteiger partial charge in [-0.2, -0.15) is 0 Å². The Bertz CT molecular complexity index is 593. The smallest absolute Gasteiger partial charge is 0.415 e. The highest BCUT2D eigenvalue weighted by molar-refractivity contribution is 5.99. The van der Waals surface area contributed by atoms with Gasteiger partial charge in [0.2, 0.25) is 0 Å². The number of anilines is 1. The topological polar surface area (TPSA) is 117 Å². The quantitative estimate of drug-likeness (QED) is 0.582. The lowest BCUT2D eigenvalue weighted by atomic mass is 10.1. The molecule has 0 saturated heterocycles. The fraction of sp³-hybridized carbons (Fsp3) is 0.400. The molecule has 4 N–H and O–H groups in total. The van der Waals surface area contributed by atoms with Gasteiger partial charge in [-0.1, -0.05) is 12.1 Å². The summed E-state index contributed by atoms with van der Waals surface area (Å²) in [5, 5.41) is 16.7. The molecule has 0 bridgehead atoms. The van der Waals surface area contributed by atoms with Gasteiger partial charge in [0.25, 0.3) is 0 Å². The highest BCUT2D eigenvalue weighted by Gasteiger charge is 2.31. The molecule has 1 rings (SSSR count). The number of nitrogens with zero attached hydrogens (tertiary/aromatic N) is 1. The first-order chi connectivity index (χ1) is 10.0. The predicted molar refractivity (Wildman–Crippen MR) is 83.3 cm³/mol. The third kappa shape index (κ3) is 4.47. The SMILES string of the molecule is CC(C(=O)O)N(C(=O)OC(C)(C)C)c1cccc(C(=N)N)c1. The summed E-state index contributed by atoms with van der Waals surface area (Å²) in [5.74, 6) is -1.34. The summed E-state index contributed by atoms with van der Waals surface area (Å²) in [6.07, 6.45) is -0.775. The zero-order valence-electron chi connectivity index (χ0n) is 13.1. The van der Waals surface area contributed by atoms with Crippen molar-refractivity contribution in [2.75, 3.05) is 4.90 Å². The molecule has 0 heterocycles. The van der Waals surface area contributed by atoms with Gasteiger partial charge >= 0.3 is 12.1 Å². The first-order valence-electron chi connectivity index (χ1n) is 6.72. The normalized spacial score (nSPS) is 12.4. The lowest BCUT2D eigenvalue weighted by Gasteiger charge is -2.30. The number of nitrogens with two attached hydrogens (primary N) is 1. The number of amidine groups is 1. The Kier molecular flexibility index (Phi) is 5.14. The summed E-state index contributed by atoms with van der Waals surface area (Å²) in [4.78, 5) is 24.7. The first kappa shape index (κ1) is 17.5. The minimum absolute atomic E-state index is 0.172. The van der Waals surface area contributed by atoms with Crippen LogP contribution in [0.15, 0.2) is 24.3 Å². The van der Waals surface area contributed by atoms with E-state index < -0.39 is 23.7 Å². The molecule has 7 nitrogen and oxygen atoms in total. The molecule has 1 amide bonds. The van der Waals surface area contributed by atoms with Gasteiger partial charge in [-0.15, -0.1) is 0 Å². The number of carboxylic acids is 1. The van der Waals surface area contributed by atoms with E-state index in [1.165, 1.54) is 13.0 Å². The summed E-state index contributed by atoms with van der Waals surface area (Å²) in [6, 6.07) is 5.11. The maximum Gasteiger partial charge on any atom is 0.415 e. The van der Waals surface area contributed by atoms with E-state index in [-0.39, 0.29) is 5.84 Å². The number of nitrogens with one attached hydrogen (secondary N) is 1. The standard InChI is InChI=1S/C15H21N3O4/c1-9(13(19)20)18(14(21)22-15(2,3)4)11-7-5-6-10(8-11)12(16)17/h5-9H,1-4H3,(H3,16,17)(H,19,20). The third-order valence-electron chi connectivity index (χ3n) is 2.77. The van der Waals surface area contributed by atoms with Gasteiger partial charge in [-0.25, -0.2) is 9.59 Å². The van der Waals surface area contributed by atoms with E-state index >= 15 is 0 Å². The Balaban J connectivity index is 3.26. The summed E-state index contributed by atoms with van der Waals surface area (Å²) in [5.41, 5.74) is 5.37. The number of nitrogen functional groups attached to an aromatic ring is 1. The molecule has 0 saturated carbocycles. The predicted octanol–water partition coefficient (Wildman–Crippen LogP) is 2.19. The minimum Gasteiger partial charge on any atom is -0.480 e. The molecule has 1 aromatic rings. The molecule has 0 fully saturated rings. The maximum absolute atomic E-state index is 12.3. The second-order valence-corrected chi connectivity index (χ2v) is 5.83. The van der Waals surface area contributed by atoms with E-state index in [2.05, 4.69) is 0 Å². The molecule has 0 aliphatic carbocycles. The fourth-order valence-electron chi connectivity index (χ4n) is 1.73. The Morgan fingerprint density at radius 3 is 2.41 bits per heavy atom. The molecule has 0 aliphatic rings. The van der Waals surface area contributed by atoms with Gasteiger partial charge in [-0.05, 0) is 39.8 Å². The molecular weight excluding hydrogens is 286 g/mol.